The van der Waals surface area contributed by atoms with Crippen molar-refractivity contribution in [3.63, 3.8) is 0 Å². The molecule has 1 heterocycles. The molecular formula is C6H8ClN3O2. The molecule has 0 aromatic carbocycles. The molecule has 6 heteroatoms. The first kappa shape index (κ1) is 8.99. The highest BCUT2D eigenvalue weighted by molar-refractivity contribution is 6.32. The van der Waals surface area contributed by atoms with Gasteiger partial charge in [0.25, 0.3) is 0 Å². The Kier molecular flexibility index (Phi) is 2.65. The summed E-state index contributed by atoms with van der Waals surface area (Å²) in [6.07, 6.45) is 0. The second kappa shape index (κ2) is 3.53. The highest BCUT2D eigenvalue weighted by Gasteiger charge is 2.12. The van der Waals surface area contributed by atoms with Crippen molar-refractivity contribution in [2.75, 3.05) is 5.32 Å². The second-order valence-electron chi connectivity index (χ2n) is 2.25. The number of aromatic nitrogens is 2. The molecule has 12 heavy (non-hydrogen) atoms. The van der Waals surface area contributed by atoms with Gasteiger partial charge in [-0.05, 0) is 13.8 Å². The summed E-state index contributed by atoms with van der Waals surface area (Å²) in [5, 5.41) is 5.22. The normalized spacial score (nSPS) is 12.6. The molecular weight excluding hydrogens is 182 g/mol. The summed E-state index contributed by atoms with van der Waals surface area (Å²) in [6.45, 7) is 3.21. The third-order valence-corrected chi connectivity index (χ3v) is 1.32. The zero-order valence-electron chi connectivity index (χ0n) is 6.67. The molecule has 1 amide bonds. The van der Waals surface area contributed by atoms with E-state index in [1.807, 2.05) is 0 Å². The van der Waals surface area contributed by atoms with Crippen molar-refractivity contribution < 1.29 is 9.32 Å². The lowest BCUT2D eigenvalue weighted by molar-refractivity contribution is -0.115. The van der Waals surface area contributed by atoms with Crippen molar-refractivity contribution in [2.45, 2.75) is 19.2 Å². The van der Waals surface area contributed by atoms with E-state index in [1.165, 1.54) is 0 Å². The SMILES string of the molecule is Cc1noc(NC(=O)C(C)Cl)n1. The van der Waals surface area contributed by atoms with Crippen LogP contribution < -0.4 is 5.32 Å². The molecule has 1 unspecified atom stereocenters. The largest absolute Gasteiger partial charge is 0.328 e. The molecule has 0 saturated heterocycles. The van der Waals surface area contributed by atoms with Crippen molar-refractivity contribution in [1.82, 2.24) is 10.1 Å². The van der Waals surface area contributed by atoms with Gasteiger partial charge >= 0.3 is 6.01 Å². The van der Waals surface area contributed by atoms with Crippen LogP contribution in [0.5, 0.6) is 0 Å². The van der Waals surface area contributed by atoms with Gasteiger partial charge < -0.3 is 4.52 Å². The van der Waals surface area contributed by atoms with Crippen LogP contribution in [0.4, 0.5) is 6.01 Å². The maximum Gasteiger partial charge on any atom is 0.328 e. The highest BCUT2D eigenvalue weighted by atomic mass is 35.5. The van der Waals surface area contributed by atoms with Crippen LogP contribution >= 0.6 is 11.6 Å². The molecule has 1 atom stereocenters. The lowest BCUT2D eigenvalue weighted by Gasteiger charge is -1.99. The van der Waals surface area contributed by atoms with Gasteiger partial charge in [-0.3, -0.25) is 10.1 Å². The zero-order valence-corrected chi connectivity index (χ0v) is 7.42. The van der Waals surface area contributed by atoms with Crippen molar-refractivity contribution in [1.29, 1.82) is 0 Å². The molecule has 1 N–H and O–H groups in total. The molecule has 1 aromatic rings. The summed E-state index contributed by atoms with van der Waals surface area (Å²) in [7, 11) is 0. The lowest BCUT2D eigenvalue weighted by atomic mass is 10.4. The van der Waals surface area contributed by atoms with Gasteiger partial charge in [0.1, 0.15) is 5.38 Å². The maximum absolute atomic E-state index is 11.0. The molecule has 0 fully saturated rings. The molecule has 5 nitrogen and oxygen atoms in total. The van der Waals surface area contributed by atoms with E-state index >= 15 is 0 Å². The van der Waals surface area contributed by atoms with E-state index < -0.39 is 5.38 Å². The number of nitrogens with one attached hydrogen (secondary N) is 1. The molecule has 0 aliphatic carbocycles. The van der Waals surface area contributed by atoms with Crippen LogP contribution in [-0.2, 0) is 4.79 Å². The fraction of sp³-hybridized carbons (Fsp3) is 0.500. The number of rotatable bonds is 2. The van der Waals surface area contributed by atoms with E-state index in [4.69, 9.17) is 11.6 Å². The molecule has 0 saturated carbocycles. The van der Waals surface area contributed by atoms with Crippen molar-refractivity contribution in [3.05, 3.63) is 5.82 Å². The first-order chi connectivity index (χ1) is 5.59. The Labute approximate surface area is 74.1 Å². The fourth-order valence-corrected chi connectivity index (χ4v) is 0.607. The molecule has 1 aromatic heterocycles. The number of halogens is 1. The summed E-state index contributed by atoms with van der Waals surface area (Å²) in [4.78, 5) is 14.7. The number of alkyl halides is 1. The minimum absolute atomic E-state index is 0.0741. The number of hydrogen-bond acceptors (Lipinski definition) is 4. The van der Waals surface area contributed by atoms with Crippen molar-refractivity contribution >= 4 is 23.5 Å². The summed E-state index contributed by atoms with van der Waals surface area (Å²) in [5.41, 5.74) is 0. The number of amides is 1. The number of hydrogen-bond donors (Lipinski definition) is 1. The average Bonchev–Trinajstić information content (AvgIpc) is 2.35. The third kappa shape index (κ3) is 2.20. The quantitative estimate of drug-likeness (QED) is 0.704. The van der Waals surface area contributed by atoms with Gasteiger partial charge in [0.2, 0.25) is 5.91 Å². The fourth-order valence-electron chi connectivity index (χ4n) is 0.553. The van der Waals surface area contributed by atoms with Crippen LogP contribution in [0.1, 0.15) is 12.7 Å². The number of aryl methyl sites for hydroxylation is 1. The molecule has 0 radical (unpaired) electrons. The van der Waals surface area contributed by atoms with E-state index in [2.05, 4.69) is 20.0 Å². The molecule has 0 bridgehead atoms. The topological polar surface area (TPSA) is 68.0 Å². The molecule has 0 aliphatic rings. The van der Waals surface area contributed by atoms with Gasteiger partial charge in [0.15, 0.2) is 5.82 Å². The van der Waals surface area contributed by atoms with E-state index in [0.717, 1.165) is 0 Å². The number of carbonyl (C=O) groups excluding carboxylic acids is 1. The summed E-state index contributed by atoms with van der Waals surface area (Å²) < 4.78 is 4.63. The number of carbonyl (C=O) groups is 1. The Morgan fingerprint density at radius 3 is 2.83 bits per heavy atom. The Morgan fingerprint density at radius 1 is 1.75 bits per heavy atom. The minimum atomic E-state index is -0.614. The van der Waals surface area contributed by atoms with Gasteiger partial charge in [-0.15, -0.1) is 11.6 Å². The maximum atomic E-state index is 11.0. The van der Waals surface area contributed by atoms with Crippen LogP contribution in [0.3, 0.4) is 0 Å². The van der Waals surface area contributed by atoms with Crippen LogP contribution in [-0.4, -0.2) is 21.4 Å². The second-order valence-corrected chi connectivity index (χ2v) is 2.91. The Balaban J connectivity index is 2.58. The first-order valence-electron chi connectivity index (χ1n) is 3.35. The lowest BCUT2D eigenvalue weighted by Crippen LogP contribution is -2.20. The van der Waals surface area contributed by atoms with Crippen LogP contribution in [0.15, 0.2) is 4.52 Å². The predicted molar refractivity (Wildman–Crippen MR) is 43.0 cm³/mol. The van der Waals surface area contributed by atoms with Crippen LogP contribution in [0.2, 0.25) is 0 Å². The van der Waals surface area contributed by atoms with E-state index in [-0.39, 0.29) is 11.9 Å². The molecule has 0 aliphatic heterocycles. The summed E-state index contributed by atoms with van der Waals surface area (Å²) in [5.74, 6) is 0.104. The summed E-state index contributed by atoms with van der Waals surface area (Å²) >= 11 is 5.48. The average molecular weight is 190 g/mol. The van der Waals surface area contributed by atoms with Gasteiger partial charge in [0.05, 0.1) is 0 Å². The minimum Gasteiger partial charge on any atom is -0.315 e. The summed E-state index contributed by atoms with van der Waals surface area (Å²) in [6, 6.07) is 0.0741. The van der Waals surface area contributed by atoms with Gasteiger partial charge in [-0.1, -0.05) is 5.16 Å². The van der Waals surface area contributed by atoms with Gasteiger partial charge in [0, 0.05) is 0 Å². The van der Waals surface area contributed by atoms with E-state index in [9.17, 15) is 4.79 Å². The van der Waals surface area contributed by atoms with Crippen LogP contribution in [0.25, 0.3) is 0 Å². The Bertz CT molecular complexity index is 284. The molecule has 1 rings (SSSR count). The first-order valence-corrected chi connectivity index (χ1v) is 3.78. The standard InChI is InChI=1S/C6H8ClN3O2/c1-3(7)5(11)9-6-8-4(2)10-12-6/h3H,1-2H3,(H,8,9,10,11). The van der Waals surface area contributed by atoms with Crippen molar-refractivity contribution in [2.24, 2.45) is 0 Å². The molecule has 0 spiro atoms. The van der Waals surface area contributed by atoms with E-state index in [1.54, 1.807) is 13.8 Å². The number of nitrogens with zero attached hydrogens (tertiary/aromatic N) is 2. The van der Waals surface area contributed by atoms with Gasteiger partial charge in [-0.2, -0.15) is 4.98 Å². The van der Waals surface area contributed by atoms with Crippen molar-refractivity contribution in [3.8, 4) is 0 Å². The monoisotopic (exact) mass is 189 g/mol. The number of anilines is 1. The predicted octanol–water partition coefficient (Wildman–Crippen LogP) is 0.944. The zero-order chi connectivity index (χ0) is 9.14. The highest BCUT2D eigenvalue weighted by Crippen LogP contribution is 2.04. The smallest absolute Gasteiger partial charge is 0.315 e. The Morgan fingerprint density at radius 2 is 2.42 bits per heavy atom. The Hall–Kier alpha value is -1.10. The van der Waals surface area contributed by atoms with Gasteiger partial charge in [-0.25, -0.2) is 0 Å². The third-order valence-electron chi connectivity index (χ3n) is 1.12. The van der Waals surface area contributed by atoms with Crippen LogP contribution in [0, 0.1) is 6.92 Å². The van der Waals surface area contributed by atoms with E-state index in [0.29, 0.717) is 5.82 Å². The molecule has 66 valence electrons.